The first kappa shape index (κ1) is 17.7. The zero-order valence-electron chi connectivity index (χ0n) is 15.2. The van der Waals surface area contributed by atoms with Crippen LogP contribution in [0.5, 0.6) is 0 Å². The molecule has 2 N–H and O–H groups in total. The summed E-state index contributed by atoms with van der Waals surface area (Å²) < 4.78 is 4.45. The van der Waals surface area contributed by atoms with Crippen LogP contribution in [-0.4, -0.2) is 36.4 Å². The molecule has 1 unspecified atom stereocenters. The van der Waals surface area contributed by atoms with Crippen LogP contribution in [0.2, 0.25) is 0 Å². The summed E-state index contributed by atoms with van der Waals surface area (Å²) in [5, 5.41) is 12.6. The van der Waals surface area contributed by atoms with Gasteiger partial charge in [0.2, 0.25) is 5.95 Å². The largest absolute Gasteiger partial charge is 0.393 e. The molecular weight excluding hydrogens is 322 g/mol. The van der Waals surface area contributed by atoms with Gasteiger partial charge in [-0.1, -0.05) is 0 Å². The van der Waals surface area contributed by atoms with Crippen molar-refractivity contribution in [1.29, 1.82) is 0 Å². The highest BCUT2D eigenvalue weighted by molar-refractivity contribution is 5.74. The van der Waals surface area contributed by atoms with E-state index in [9.17, 15) is 14.7 Å². The number of hydrogen-bond donors (Lipinski definition) is 2. The maximum atomic E-state index is 12.8. The Hall–Kier alpha value is -2.09. The van der Waals surface area contributed by atoms with Crippen molar-refractivity contribution in [2.75, 3.05) is 11.9 Å². The van der Waals surface area contributed by atoms with E-state index in [1.165, 1.54) is 22.0 Å². The lowest BCUT2D eigenvalue weighted by atomic mass is 10.2. The van der Waals surface area contributed by atoms with Gasteiger partial charge in [-0.2, -0.15) is 4.98 Å². The van der Waals surface area contributed by atoms with Crippen LogP contribution in [0.3, 0.4) is 0 Å². The number of aromatic nitrogens is 4. The molecule has 1 fully saturated rings. The molecule has 0 spiro atoms. The summed E-state index contributed by atoms with van der Waals surface area (Å²) in [6.45, 7) is 2.94. The van der Waals surface area contributed by atoms with E-state index in [1.54, 1.807) is 25.6 Å². The maximum absolute atomic E-state index is 12.8. The van der Waals surface area contributed by atoms with E-state index in [0.29, 0.717) is 42.4 Å². The molecule has 1 saturated carbocycles. The summed E-state index contributed by atoms with van der Waals surface area (Å²) in [7, 11) is 3.45. The number of nitrogens with zero attached hydrogens (tertiary/aromatic N) is 4. The lowest BCUT2D eigenvalue weighted by Gasteiger charge is -2.09. The fraction of sp³-hybridized carbons (Fsp3) is 0.706. The monoisotopic (exact) mass is 349 g/mol. The predicted octanol–water partition coefficient (Wildman–Crippen LogP) is 0.807. The first-order valence-corrected chi connectivity index (χ1v) is 8.98. The number of aliphatic hydroxyl groups is 1. The molecular formula is C17H27N5O3. The second-order valence-electron chi connectivity index (χ2n) is 7.13. The fourth-order valence-corrected chi connectivity index (χ4v) is 3.07. The molecule has 0 aromatic carbocycles. The smallest absolute Gasteiger partial charge is 0.332 e. The summed E-state index contributed by atoms with van der Waals surface area (Å²) in [6, 6.07) is 0. The van der Waals surface area contributed by atoms with Crippen molar-refractivity contribution in [3.8, 4) is 0 Å². The molecule has 3 rings (SSSR count). The third kappa shape index (κ3) is 3.63. The van der Waals surface area contributed by atoms with Gasteiger partial charge >= 0.3 is 5.69 Å². The normalized spacial score (nSPS) is 15.7. The second-order valence-corrected chi connectivity index (χ2v) is 7.13. The van der Waals surface area contributed by atoms with Crippen LogP contribution in [0, 0.1) is 5.92 Å². The number of rotatable bonds is 8. The SMILES string of the molecule is CC(O)CCCCn1c(=O)c2c(nc(NCC3CC3)n2C)n(C)c1=O. The Morgan fingerprint density at radius 1 is 1.24 bits per heavy atom. The first-order chi connectivity index (χ1) is 11.9. The van der Waals surface area contributed by atoms with E-state index >= 15 is 0 Å². The number of anilines is 1. The van der Waals surface area contributed by atoms with Crippen LogP contribution in [0.25, 0.3) is 11.2 Å². The van der Waals surface area contributed by atoms with Crippen molar-refractivity contribution in [3.05, 3.63) is 20.8 Å². The van der Waals surface area contributed by atoms with Crippen molar-refractivity contribution in [2.45, 2.75) is 51.7 Å². The number of aliphatic hydroxyl groups excluding tert-OH is 1. The molecule has 1 atom stereocenters. The van der Waals surface area contributed by atoms with E-state index in [1.807, 2.05) is 0 Å². The lowest BCUT2D eigenvalue weighted by Crippen LogP contribution is -2.39. The summed E-state index contributed by atoms with van der Waals surface area (Å²) in [4.78, 5) is 29.8. The molecule has 0 aliphatic heterocycles. The molecule has 2 heterocycles. The number of fused-ring (bicyclic) bond motifs is 1. The number of hydrogen-bond acceptors (Lipinski definition) is 5. The molecule has 138 valence electrons. The van der Waals surface area contributed by atoms with Crippen molar-refractivity contribution < 1.29 is 5.11 Å². The highest BCUT2D eigenvalue weighted by Crippen LogP contribution is 2.29. The molecule has 8 heteroatoms. The molecule has 0 bridgehead atoms. The molecule has 2 aromatic rings. The average molecular weight is 349 g/mol. The lowest BCUT2D eigenvalue weighted by molar-refractivity contribution is 0.180. The molecule has 0 amide bonds. The standard InChI is InChI=1S/C17H27N5O3/c1-11(23)6-4-5-9-22-15(24)13-14(21(3)17(22)25)19-16(20(13)2)18-10-12-7-8-12/h11-12,23H,4-10H2,1-3H3,(H,18,19). The van der Waals surface area contributed by atoms with Crippen molar-refractivity contribution in [1.82, 2.24) is 18.7 Å². The zero-order chi connectivity index (χ0) is 18.1. The van der Waals surface area contributed by atoms with Gasteiger partial charge in [0.25, 0.3) is 5.56 Å². The summed E-state index contributed by atoms with van der Waals surface area (Å²) >= 11 is 0. The highest BCUT2D eigenvalue weighted by Gasteiger charge is 2.23. The molecule has 25 heavy (non-hydrogen) atoms. The number of aryl methyl sites for hydroxylation is 2. The minimum Gasteiger partial charge on any atom is -0.393 e. The third-order valence-electron chi connectivity index (χ3n) is 4.86. The second kappa shape index (κ2) is 7.03. The van der Waals surface area contributed by atoms with E-state index in [2.05, 4.69) is 10.3 Å². The topological polar surface area (TPSA) is 94.1 Å². The molecule has 0 saturated heterocycles. The van der Waals surface area contributed by atoms with Gasteiger partial charge in [0.15, 0.2) is 11.2 Å². The third-order valence-corrected chi connectivity index (χ3v) is 4.86. The predicted molar refractivity (Wildman–Crippen MR) is 97.0 cm³/mol. The number of imidazole rings is 1. The minimum absolute atomic E-state index is 0.301. The van der Waals surface area contributed by atoms with E-state index in [0.717, 1.165) is 13.0 Å². The average Bonchev–Trinajstić information content (AvgIpc) is 3.33. The highest BCUT2D eigenvalue weighted by atomic mass is 16.3. The van der Waals surface area contributed by atoms with E-state index < -0.39 is 0 Å². The Kier molecular flexibility index (Phi) is 4.99. The van der Waals surface area contributed by atoms with Gasteiger partial charge < -0.3 is 15.0 Å². The molecule has 1 aliphatic rings. The summed E-state index contributed by atoms with van der Waals surface area (Å²) in [6.07, 6.45) is 4.21. The van der Waals surface area contributed by atoms with Crippen molar-refractivity contribution in [2.24, 2.45) is 20.0 Å². The van der Waals surface area contributed by atoms with Gasteiger partial charge in [-0.3, -0.25) is 13.9 Å². The Morgan fingerprint density at radius 2 is 1.96 bits per heavy atom. The molecule has 8 nitrogen and oxygen atoms in total. The van der Waals surface area contributed by atoms with Crippen LogP contribution >= 0.6 is 0 Å². The molecule has 1 aliphatic carbocycles. The molecule has 0 radical (unpaired) electrons. The maximum Gasteiger partial charge on any atom is 0.332 e. The summed E-state index contributed by atoms with van der Waals surface area (Å²) in [5.41, 5.74) is 0.206. The Labute approximate surface area is 146 Å². The van der Waals surface area contributed by atoms with Gasteiger partial charge in [0, 0.05) is 27.2 Å². The number of nitrogens with one attached hydrogen (secondary N) is 1. The Morgan fingerprint density at radius 3 is 2.60 bits per heavy atom. The van der Waals surface area contributed by atoms with E-state index in [4.69, 9.17) is 0 Å². The van der Waals surface area contributed by atoms with Gasteiger partial charge in [-0.25, -0.2) is 4.79 Å². The van der Waals surface area contributed by atoms with Crippen molar-refractivity contribution in [3.63, 3.8) is 0 Å². The Balaban J connectivity index is 1.91. The quantitative estimate of drug-likeness (QED) is 0.688. The minimum atomic E-state index is -0.362. The number of unbranched alkanes of at least 4 members (excludes halogenated alkanes) is 1. The van der Waals surface area contributed by atoms with Crippen molar-refractivity contribution >= 4 is 17.1 Å². The van der Waals surface area contributed by atoms with Gasteiger partial charge in [-0.15, -0.1) is 0 Å². The van der Waals surface area contributed by atoms with E-state index in [-0.39, 0.29) is 17.4 Å². The van der Waals surface area contributed by atoms with Crippen LogP contribution < -0.4 is 16.6 Å². The van der Waals surface area contributed by atoms with Gasteiger partial charge in [-0.05, 0) is 44.9 Å². The molecule has 2 aromatic heterocycles. The summed E-state index contributed by atoms with van der Waals surface area (Å²) in [5.74, 6) is 1.31. The van der Waals surface area contributed by atoms with Crippen LogP contribution in [0.1, 0.15) is 39.0 Å². The first-order valence-electron chi connectivity index (χ1n) is 8.98. The van der Waals surface area contributed by atoms with Crippen LogP contribution in [0.15, 0.2) is 9.59 Å². The zero-order valence-corrected chi connectivity index (χ0v) is 15.2. The van der Waals surface area contributed by atoms with Gasteiger partial charge in [0.05, 0.1) is 6.10 Å². The fourth-order valence-electron chi connectivity index (χ4n) is 3.07. The van der Waals surface area contributed by atoms with Crippen LogP contribution in [0.4, 0.5) is 5.95 Å². The Bertz CT molecular complexity index is 873. The van der Waals surface area contributed by atoms with Crippen LogP contribution in [-0.2, 0) is 20.6 Å². The van der Waals surface area contributed by atoms with Gasteiger partial charge in [0.1, 0.15) is 0 Å².